The van der Waals surface area contributed by atoms with Crippen molar-refractivity contribution in [2.24, 2.45) is 0 Å². The van der Waals surface area contributed by atoms with Gasteiger partial charge in [-0.1, -0.05) is 23.7 Å². The second-order valence-electron chi connectivity index (χ2n) is 4.53. The van der Waals surface area contributed by atoms with Crippen LogP contribution in [0.5, 0.6) is 0 Å². The number of carbonyl (C=O) groups is 1. The molecule has 4 heteroatoms. The Bertz CT molecular complexity index is 382. The molecule has 106 valence electrons. The summed E-state index contributed by atoms with van der Waals surface area (Å²) in [5, 5.41) is 3.67. The lowest BCUT2D eigenvalue weighted by molar-refractivity contribution is -0.121. The number of rotatable bonds is 9. The van der Waals surface area contributed by atoms with Gasteiger partial charge in [0.05, 0.1) is 0 Å². The van der Waals surface area contributed by atoms with Crippen molar-refractivity contribution in [3.63, 3.8) is 0 Å². The summed E-state index contributed by atoms with van der Waals surface area (Å²) in [6.07, 6.45) is 4.26. The molecule has 0 radical (unpaired) electrons. The van der Waals surface area contributed by atoms with Crippen molar-refractivity contribution >= 4 is 17.5 Å². The smallest absolute Gasteiger partial charge is 0.220 e. The van der Waals surface area contributed by atoms with Crippen LogP contribution in [0.1, 0.15) is 31.2 Å². The van der Waals surface area contributed by atoms with Crippen molar-refractivity contribution in [3.8, 4) is 0 Å². The van der Waals surface area contributed by atoms with Crippen LogP contribution >= 0.6 is 11.6 Å². The third-order valence-corrected chi connectivity index (χ3v) is 3.09. The van der Waals surface area contributed by atoms with Crippen LogP contribution in [-0.2, 0) is 16.0 Å². The molecule has 3 nitrogen and oxygen atoms in total. The molecule has 0 unspecified atom stereocenters. The van der Waals surface area contributed by atoms with Crippen molar-refractivity contribution in [2.45, 2.75) is 32.1 Å². The summed E-state index contributed by atoms with van der Waals surface area (Å²) in [5.41, 5.74) is 1.18. The van der Waals surface area contributed by atoms with E-state index in [9.17, 15) is 4.79 Å². The molecule has 0 atom stereocenters. The largest absolute Gasteiger partial charge is 0.385 e. The Balaban J connectivity index is 2.07. The fraction of sp³-hybridized carbons (Fsp3) is 0.533. The second-order valence-corrected chi connectivity index (χ2v) is 4.97. The maximum absolute atomic E-state index is 11.6. The molecule has 0 aliphatic carbocycles. The average molecular weight is 284 g/mol. The van der Waals surface area contributed by atoms with Gasteiger partial charge in [-0.3, -0.25) is 4.79 Å². The van der Waals surface area contributed by atoms with Gasteiger partial charge in [0.15, 0.2) is 0 Å². The van der Waals surface area contributed by atoms with E-state index in [4.69, 9.17) is 16.3 Å². The van der Waals surface area contributed by atoms with Gasteiger partial charge in [-0.15, -0.1) is 0 Å². The van der Waals surface area contributed by atoms with Gasteiger partial charge in [-0.2, -0.15) is 0 Å². The lowest BCUT2D eigenvalue weighted by Crippen LogP contribution is -2.24. The summed E-state index contributed by atoms with van der Waals surface area (Å²) in [6.45, 7) is 1.49. The van der Waals surface area contributed by atoms with E-state index in [1.807, 2.05) is 24.3 Å². The van der Waals surface area contributed by atoms with Gasteiger partial charge in [-0.05, 0) is 43.4 Å². The zero-order valence-corrected chi connectivity index (χ0v) is 12.2. The van der Waals surface area contributed by atoms with E-state index in [1.165, 1.54) is 5.56 Å². The van der Waals surface area contributed by atoms with E-state index in [0.29, 0.717) is 6.42 Å². The van der Waals surface area contributed by atoms with Gasteiger partial charge in [0.1, 0.15) is 0 Å². The highest BCUT2D eigenvalue weighted by atomic mass is 35.5. The van der Waals surface area contributed by atoms with Crippen molar-refractivity contribution in [2.75, 3.05) is 20.3 Å². The van der Waals surface area contributed by atoms with Gasteiger partial charge in [0, 0.05) is 31.7 Å². The SMILES string of the molecule is COCCCCNC(=O)CCCc1cccc(Cl)c1. The van der Waals surface area contributed by atoms with Crippen LogP contribution in [-0.4, -0.2) is 26.2 Å². The van der Waals surface area contributed by atoms with Gasteiger partial charge in [0.2, 0.25) is 5.91 Å². The Morgan fingerprint density at radius 2 is 2.16 bits per heavy atom. The minimum Gasteiger partial charge on any atom is -0.385 e. The number of ether oxygens (including phenoxy) is 1. The van der Waals surface area contributed by atoms with E-state index in [-0.39, 0.29) is 5.91 Å². The van der Waals surface area contributed by atoms with E-state index in [1.54, 1.807) is 7.11 Å². The highest BCUT2D eigenvalue weighted by Gasteiger charge is 2.01. The van der Waals surface area contributed by atoms with Crippen LogP contribution in [0.15, 0.2) is 24.3 Å². The molecule has 1 rings (SSSR count). The number of carbonyl (C=O) groups excluding carboxylic acids is 1. The third-order valence-electron chi connectivity index (χ3n) is 2.86. The number of hydrogen-bond donors (Lipinski definition) is 1. The molecule has 0 aliphatic heterocycles. The molecule has 0 saturated carbocycles. The normalized spacial score (nSPS) is 10.4. The maximum Gasteiger partial charge on any atom is 0.220 e. The number of methoxy groups -OCH3 is 1. The van der Waals surface area contributed by atoms with Crippen LogP contribution in [0, 0.1) is 0 Å². The second kappa shape index (κ2) is 9.82. The molecule has 0 heterocycles. The molecule has 1 amide bonds. The topological polar surface area (TPSA) is 38.3 Å². The summed E-state index contributed by atoms with van der Waals surface area (Å²) >= 11 is 5.91. The fourth-order valence-corrected chi connectivity index (χ4v) is 2.05. The summed E-state index contributed by atoms with van der Waals surface area (Å²) in [6, 6.07) is 7.78. The molecule has 0 bridgehead atoms. The van der Waals surface area contributed by atoms with Gasteiger partial charge >= 0.3 is 0 Å². The van der Waals surface area contributed by atoms with Crippen LogP contribution in [0.2, 0.25) is 5.02 Å². The predicted molar refractivity (Wildman–Crippen MR) is 78.5 cm³/mol. The number of hydrogen-bond acceptors (Lipinski definition) is 2. The Kier molecular flexibility index (Phi) is 8.26. The first-order chi connectivity index (χ1) is 9.22. The molecule has 1 aromatic rings. The van der Waals surface area contributed by atoms with Crippen molar-refractivity contribution in [3.05, 3.63) is 34.9 Å². The minimum atomic E-state index is 0.124. The average Bonchev–Trinajstić information content (AvgIpc) is 2.38. The maximum atomic E-state index is 11.6. The highest BCUT2D eigenvalue weighted by Crippen LogP contribution is 2.12. The Labute approximate surface area is 120 Å². The van der Waals surface area contributed by atoms with E-state index in [2.05, 4.69) is 5.32 Å². The van der Waals surface area contributed by atoms with Crippen molar-refractivity contribution < 1.29 is 9.53 Å². The summed E-state index contributed by atoms with van der Waals surface area (Å²) < 4.78 is 4.95. The van der Waals surface area contributed by atoms with Crippen molar-refractivity contribution in [1.29, 1.82) is 0 Å². The molecular weight excluding hydrogens is 262 g/mol. The number of amides is 1. The Morgan fingerprint density at radius 1 is 1.32 bits per heavy atom. The summed E-state index contributed by atoms with van der Waals surface area (Å²) in [4.78, 5) is 11.6. The van der Waals surface area contributed by atoms with Crippen LogP contribution < -0.4 is 5.32 Å². The van der Waals surface area contributed by atoms with Gasteiger partial charge < -0.3 is 10.1 Å². The molecular formula is C15H22ClNO2. The zero-order chi connectivity index (χ0) is 13.9. The first-order valence-corrected chi connectivity index (χ1v) is 7.10. The lowest BCUT2D eigenvalue weighted by Gasteiger charge is -2.05. The quantitative estimate of drug-likeness (QED) is 0.707. The Hall–Kier alpha value is -1.06. The van der Waals surface area contributed by atoms with Crippen LogP contribution in [0.25, 0.3) is 0 Å². The third kappa shape index (κ3) is 7.85. The monoisotopic (exact) mass is 283 g/mol. The number of benzene rings is 1. The molecule has 0 aliphatic rings. The van der Waals surface area contributed by atoms with Crippen LogP contribution in [0.3, 0.4) is 0 Å². The van der Waals surface area contributed by atoms with Crippen LogP contribution in [0.4, 0.5) is 0 Å². The standard InChI is InChI=1S/C15H22ClNO2/c1-19-11-3-2-10-17-15(18)9-5-7-13-6-4-8-14(16)12-13/h4,6,8,12H,2-3,5,7,9-11H2,1H3,(H,17,18). The highest BCUT2D eigenvalue weighted by molar-refractivity contribution is 6.30. The van der Waals surface area contributed by atoms with Gasteiger partial charge in [-0.25, -0.2) is 0 Å². The number of nitrogens with one attached hydrogen (secondary N) is 1. The number of unbranched alkanes of at least 4 members (excludes halogenated alkanes) is 1. The first kappa shape index (κ1) is 16.0. The molecule has 0 fully saturated rings. The summed E-state index contributed by atoms with van der Waals surface area (Å²) in [5.74, 6) is 0.124. The van der Waals surface area contributed by atoms with E-state index in [0.717, 1.165) is 43.9 Å². The zero-order valence-electron chi connectivity index (χ0n) is 11.5. The minimum absolute atomic E-state index is 0.124. The van der Waals surface area contributed by atoms with E-state index >= 15 is 0 Å². The summed E-state index contributed by atoms with van der Waals surface area (Å²) in [7, 11) is 1.69. The predicted octanol–water partition coefficient (Wildman–Crippen LogP) is 3.21. The molecule has 0 aromatic heterocycles. The molecule has 1 N–H and O–H groups in total. The molecule has 0 saturated heterocycles. The first-order valence-electron chi connectivity index (χ1n) is 6.72. The molecule has 1 aromatic carbocycles. The number of halogens is 1. The molecule has 0 spiro atoms. The number of aryl methyl sites for hydroxylation is 1. The molecule has 19 heavy (non-hydrogen) atoms. The lowest BCUT2D eigenvalue weighted by atomic mass is 10.1. The fourth-order valence-electron chi connectivity index (χ4n) is 1.83. The van der Waals surface area contributed by atoms with Crippen molar-refractivity contribution in [1.82, 2.24) is 5.32 Å². The van der Waals surface area contributed by atoms with E-state index < -0.39 is 0 Å². The Morgan fingerprint density at radius 3 is 2.89 bits per heavy atom. The van der Waals surface area contributed by atoms with Gasteiger partial charge in [0.25, 0.3) is 0 Å².